The number of rotatable bonds is 8. The van der Waals surface area contributed by atoms with Crippen LogP contribution in [0.15, 0.2) is 54.9 Å². The predicted molar refractivity (Wildman–Crippen MR) is 120 cm³/mol. The number of urea groups is 1. The quantitative estimate of drug-likeness (QED) is 0.638. The summed E-state index contributed by atoms with van der Waals surface area (Å²) in [6.07, 6.45) is 5.18. The zero-order chi connectivity index (χ0) is 22.3. The Labute approximate surface area is 188 Å². The van der Waals surface area contributed by atoms with E-state index in [1.807, 2.05) is 59.8 Å². The normalized spacial score (nSPS) is 19.3. The molecular weight excluding hydrogens is 406 g/mol. The number of nitrogens with zero attached hydrogens (tertiary/aromatic N) is 4. The number of pyridine rings is 1. The third-order valence-corrected chi connectivity index (χ3v) is 6.13. The number of amides is 4. The Morgan fingerprint density at radius 1 is 0.969 bits per heavy atom. The van der Waals surface area contributed by atoms with Crippen molar-refractivity contribution in [2.24, 2.45) is 0 Å². The number of imide groups is 1. The minimum absolute atomic E-state index is 0.0438. The molecule has 2 fully saturated rings. The van der Waals surface area contributed by atoms with E-state index in [4.69, 9.17) is 0 Å². The molecule has 4 amide bonds. The van der Waals surface area contributed by atoms with Gasteiger partial charge in [0.25, 0.3) is 5.91 Å². The SMILES string of the molecule is O=C(CC[C@@H]1NC(=O)N(Cc2ccccc2)C1=O)N1CCN(CCc2ccncc2)CC1. The van der Waals surface area contributed by atoms with Crippen LogP contribution in [0.5, 0.6) is 0 Å². The van der Waals surface area contributed by atoms with E-state index >= 15 is 0 Å². The molecule has 2 saturated heterocycles. The van der Waals surface area contributed by atoms with Crippen molar-refractivity contribution in [3.8, 4) is 0 Å². The number of benzene rings is 1. The number of nitrogens with one attached hydrogen (secondary N) is 1. The van der Waals surface area contributed by atoms with Crippen molar-refractivity contribution in [3.63, 3.8) is 0 Å². The van der Waals surface area contributed by atoms with E-state index < -0.39 is 6.04 Å². The summed E-state index contributed by atoms with van der Waals surface area (Å²) in [6.45, 7) is 4.30. The molecule has 3 heterocycles. The average Bonchev–Trinajstić information content (AvgIpc) is 3.10. The van der Waals surface area contributed by atoms with Gasteiger partial charge in [0.15, 0.2) is 0 Å². The topological polar surface area (TPSA) is 85.8 Å². The van der Waals surface area contributed by atoms with Crippen LogP contribution in [0.4, 0.5) is 4.79 Å². The monoisotopic (exact) mass is 435 g/mol. The van der Waals surface area contributed by atoms with Crippen molar-refractivity contribution >= 4 is 17.8 Å². The first-order valence-corrected chi connectivity index (χ1v) is 11.1. The largest absolute Gasteiger partial charge is 0.340 e. The van der Waals surface area contributed by atoms with Crippen LogP contribution in [0.2, 0.25) is 0 Å². The number of carbonyl (C=O) groups is 3. The van der Waals surface area contributed by atoms with Crippen LogP contribution in [-0.4, -0.2) is 76.3 Å². The first-order valence-electron chi connectivity index (χ1n) is 11.1. The predicted octanol–water partition coefficient (Wildman–Crippen LogP) is 1.67. The van der Waals surface area contributed by atoms with Gasteiger partial charge < -0.3 is 10.2 Å². The Balaban J connectivity index is 1.19. The molecule has 0 saturated carbocycles. The van der Waals surface area contributed by atoms with Crippen molar-refractivity contribution in [2.45, 2.75) is 31.8 Å². The molecule has 8 nitrogen and oxygen atoms in total. The Kier molecular flexibility index (Phi) is 7.11. The summed E-state index contributed by atoms with van der Waals surface area (Å²) in [5.41, 5.74) is 2.16. The molecule has 1 N–H and O–H groups in total. The van der Waals surface area contributed by atoms with E-state index in [9.17, 15) is 14.4 Å². The molecule has 1 aromatic heterocycles. The highest BCUT2D eigenvalue weighted by molar-refractivity contribution is 6.04. The highest BCUT2D eigenvalue weighted by Gasteiger charge is 2.38. The van der Waals surface area contributed by atoms with Crippen LogP contribution in [0.3, 0.4) is 0 Å². The third-order valence-electron chi connectivity index (χ3n) is 6.13. The van der Waals surface area contributed by atoms with Crippen molar-refractivity contribution in [2.75, 3.05) is 32.7 Å². The Morgan fingerprint density at radius 3 is 2.41 bits per heavy atom. The highest BCUT2D eigenvalue weighted by Crippen LogP contribution is 2.16. The molecule has 0 unspecified atom stereocenters. The molecule has 2 aliphatic heterocycles. The molecule has 1 atom stereocenters. The van der Waals surface area contributed by atoms with Gasteiger partial charge in [0, 0.05) is 51.5 Å². The van der Waals surface area contributed by atoms with Gasteiger partial charge in [-0.05, 0) is 36.1 Å². The van der Waals surface area contributed by atoms with Gasteiger partial charge in [-0.25, -0.2) is 4.79 Å². The van der Waals surface area contributed by atoms with Gasteiger partial charge in [-0.2, -0.15) is 0 Å². The third kappa shape index (κ3) is 5.50. The van der Waals surface area contributed by atoms with Gasteiger partial charge in [-0.15, -0.1) is 0 Å². The molecule has 0 radical (unpaired) electrons. The van der Waals surface area contributed by atoms with E-state index in [-0.39, 0.29) is 30.8 Å². The van der Waals surface area contributed by atoms with Crippen LogP contribution in [0.25, 0.3) is 0 Å². The average molecular weight is 436 g/mol. The second kappa shape index (κ2) is 10.4. The smallest absolute Gasteiger partial charge is 0.325 e. The van der Waals surface area contributed by atoms with Gasteiger partial charge in [-0.1, -0.05) is 30.3 Å². The molecule has 0 bridgehead atoms. The second-order valence-corrected chi connectivity index (χ2v) is 8.28. The number of aromatic nitrogens is 1. The van der Waals surface area contributed by atoms with Crippen LogP contribution in [-0.2, 0) is 22.6 Å². The molecule has 0 spiro atoms. The zero-order valence-corrected chi connectivity index (χ0v) is 18.2. The van der Waals surface area contributed by atoms with Gasteiger partial charge in [-0.3, -0.25) is 24.4 Å². The summed E-state index contributed by atoms with van der Waals surface area (Å²) in [5.74, 6) is -0.213. The summed E-state index contributed by atoms with van der Waals surface area (Å²) < 4.78 is 0. The standard InChI is InChI=1S/C24H29N5O3/c30-22(28-16-14-27(15-17-28)13-10-19-8-11-25-12-9-19)7-6-21-23(31)29(24(32)26-21)18-20-4-2-1-3-5-20/h1-5,8-9,11-12,21H,6-7,10,13-18H2,(H,26,32)/t21-/m0/s1. The fourth-order valence-corrected chi connectivity index (χ4v) is 4.17. The van der Waals surface area contributed by atoms with E-state index in [0.717, 1.165) is 31.6 Å². The van der Waals surface area contributed by atoms with Crippen LogP contribution in [0.1, 0.15) is 24.0 Å². The van der Waals surface area contributed by atoms with Crippen molar-refractivity contribution in [1.82, 2.24) is 25.0 Å². The zero-order valence-electron chi connectivity index (χ0n) is 18.2. The molecule has 0 aliphatic carbocycles. The Hall–Kier alpha value is -3.26. The number of hydrogen-bond acceptors (Lipinski definition) is 5. The lowest BCUT2D eigenvalue weighted by Gasteiger charge is -2.35. The fourth-order valence-electron chi connectivity index (χ4n) is 4.17. The lowest BCUT2D eigenvalue weighted by molar-refractivity contribution is -0.133. The molecular formula is C24H29N5O3. The van der Waals surface area contributed by atoms with Crippen molar-refractivity contribution in [1.29, 1.82) is 0 Å². The number of hydrogen-bond donors (Lipinski definition) is 1. The van der Waals surface area contributed by atoms with Gasteiger partial charge in [0.05, 0.1) is 6.54 Å². The lowest BCUT2D eigenvalue weighted by Crippen LogP contribution is -2.49. The lowest BCUT2D eigenvalue weighted by atomic mass is 10.1. The van der Waals surface area contributed by atoms with E-state index in [1.165, 1.54) is 10.5 Å². The summed E-state index contributed by atoms with van der Waals surface area (Å²) in [5, 5.41) is 2.73. The summed E-state index contributed by atoms with van der Waals surface area (Å²) in [7, 11) is 0. The van der Waals surface area contributed by atoms with Crippen LogP contribution in [0, 0.1) is 0 Å². The van der Waals surface area contributed by atoms with E-state index in [2.05, 4.69) is 15.2 Å². The summed E-state index contributed by atoms with van der Waals surface area (Å²) >= 11 is 0. The molecule has 8 heteroatoms. The van der Waals surface area contributed by atoms with Crippen LogP contribution >= 0.6 is 0 Å². The maximum atomic E-state index is 12.7. The van der Waals surface area contributed by atoms with Crippen LogP contribution < -0.4 is 5.32 Å². The van der Waals surface area contributed by atoms with E-state index in [1.54, 1.807) is 0 Å². The van der Waals surface area contributed by atoms with Crippen molar-refractivity contribution < 1.29 is 14.4 Å². The first-order chi connectivity index (χ1) is 15.6. The number of carbonyl (C=O) groups excluding carboxylic acids is 3. The summed E-state index contributed by atoms with van der Waals surface area (Å²) in [6, 6.07) is 12.5. The molecule has 4 rings (SSSR count). The maximum Gasteiger partial charge on any atom is 0.325 e. The molecule has 32 heavy (non-hydrogen) atoms. The first kappa shape index (κ1) is 22.0. The number of piperazine rings is 1. The summed E-state index contributed by atoms with van der Waals surface area (Å²) in [4.78, 5) is 47.1. The molecule has 2 aromatic rings. The molecule has 1 aromatic carbocycles. The van der Waals surface area contributed by atoms with E-state index in [0.29, 0.717) is 19.5 Å². The maximum absolute atomic E-state index is 12.7. The molecule has 168 valence electrons. The highest BCUT2D eigenvalue weighted by atomic mass is 16.2. The minimum atomic E-state index is -0.628. The van der Waals surface area contributed by atoms with Gasteiger partial charge in [0.1, 0.15) is 6.04 Å². The minimum Gasteiger partial charge on any atom is -0.340 e. The van der Waals surface area contributed by atoms with Crippen molar-refractivity contribution in [3.05, 3.63) is 66.0 Å². The fraction of sp³-hybridized carbons (Fsp3) is 0.417. The second-order valence-electron chi connectivity index (χ2n) is 8.28. The Morgan fingerprint density at radius 2 is 1.69 bits per heavy atom. The Bertz CT molecular complexity index is 929. The van der Waals surface area contributed by atoms with Gasteiger partial charge >= 0.3 is 6.03 Å². The molecule has 2 aliphatic rings. The van der Waals surface area contributed by atoms with Gasteiger partial charge in [0.2, 0.25) is 5.91 Å².